The quantitative estimate of drug-likeness (QED) is 0.736. The summed E-state index contributed by atoms with van der Waals surface area (Å²) in [6.07, 6.45) is 1.81. The summed E-state index contributed by atoms with van der Waals surface area (Å²) in [4.78, 5) is 3.78. The molecule has 0 saturated heterocycles. The monoisotopic (exact) mass is 377 g/mol. The molecule has 5 nitrogen and oxygen atoms in total. The van der Waals surface area contributed by atoms with Crippen molar-refractivity contribution in [3.8, 4) is 11.5 Å². The summed E-state index contributed by atoms with van der Waals surface area (Å²) in [5.41, 5.74) is 0.184. The van der Waals surface area contributed by atoms with Crippen LogP contribution in [0.1, 0.15) is 11.7 Å². The number of hydrogen-bond donors (Lipinski definition) is 1. The Hall–Kier alpha value is -2.25. The zero-order chi connectivity index (χ0) is 16.2. The van der Waals surface area contributed by atoms with Crippen LogP contribution in [0, 0.1) is 5.82 Å². The van der Waals surface area contributed by atoms with Crippen LogP contribution in [-0.2, 0) is 6.54 Å². The molecule has 0 amide bonds. The fourth-order valence-electron chi connectivity index (χ4n) is 2.08. The number of hydrogen-bond acceptors (Lipinski definition) is 4. The molecule has 0 bridgehead atoms. The molecule has 0 spiro atoms. The minimum Gasteiger partial charge on any atom is -0.457 e. The van der Waals surface area contributed by atoms with Gasteiger partial charge in [0.15, 0.2) is 0 Å². The minimum absolute atomic E-state index is 0.129. The first-order chi connectivity index (χ1) is 11.1. The molecule has 0 aliphatic carbocycles. The maximum atomic E-state index is 14.2. The van der Waals surface area contributed by atoms with E-state index in [0.29, 0.717) is 11.5 Å². The summed E-state index contributed by atoms with van der Waals surface area (Å²) < 4.78 is 22.2. The van der Waals surface area contributed by atoms with Gasteiger partial charge in [-0.2, -0.15) is 5.10 Å². The van der Waals surface area contributed by atoms with Gasteiger partial charge in [-0.3, -0.25) is 4.68 Å². The molecule has 0 fully saturated rings. The van der Waals surface area contributed by atoms with Gasteiger partial charge < -0.3 is 9.84 Å². The van der Waals surface area contributed by atoms with Crippen molar-refractivity contribution in [2.75, 3.05) is 0 Å². The third kappa shape index (κ3) is 3.94. The van der Waals surface area contributed by atoms with E-state index < -0.39 is 11.9 Å². The summed E-state index contributed by atoms with van der Waals surface area (Å²) in [5.74, 6) is 0.428. The second kappa shape index (κ2) is 6.89. The number of aliphatic hydroxyl groups is 1. The van der Waals surface area contributed by atoms with Crippen LogP contribution in [0.5, 0.6) is 11.5 Å². The molecule has 1 heterocycles. The van der Waals surface area contributed by atoms with Gasteiger partial charge in [-0.15, -0.1) is 0 Å². The Morgan fingerprint density at radius 1 is 1.17 bits per heavy atom. The first kappa shape index (κ1) is 15.6. The van der Waals surface area contributed by atoms with Crippen molar-refractivity contribution in [2.45, 2.75) is 12.6 Å². The van der Waals surface area contributed by atoms with Crippen molar-refractivity contribution in [1.29, 1.82) is 0 Å². The third-order valence-electron chi connectivity index (χ3n) is 3.21. The molecule has 0 radical (unpaired) electrons. The number of benzene rings is 2. The van der Waals surface area contributed by atoms with E-state index >= 15 is 0 Å². The number of aliphatic hydroxyl groups excluding tert-OH is 1. The van der Waals surface area contributed by atoms with E-state index in [2.05, 4.69) is 26.0 Å². The molecule has 0 aliphatic rings. The lowest BCUT2D eigenvalue weighted by atomic mass is 10.1. The number of aromatic nitrogens is 3. The molecule has 3 aromatic rings. The number of halogens is 2. The van der Waals surface area contributed by atoms with Crippen LogP contribution in [0.25, 0.3) is 0 Å². The zero-order valence-electron chi connectivity index (χ0n) is 11.9. The average molecular weight is 378 g/mol. The van der Waals surface area contributed by atoms with Gasteiger partial charge >= 0.3 is 0 Å². The van der Waals surface area contributed by atoms with Crippen molar-refractivity contribution in [1.82, 2.24) is 14.8 Å². The molecule has 23 heavy (non-hydrogen) atoms. The lowest BCUT2D eigenvalue weighted by Crippen LogP contribution is -2.10. The molecular formula is C16H13BrFN3O2. The Morgan fingerprint density at radius 3 is 2.57 bits per heavy atom. The highest BCUT2D eigenvalue weighted by Crippen LogP contribution is 2.27. The van der Waals surface area contributed by atoms with E-state index in [1.807, 2.05) is 12.1 Å². The maximum Gasteiger partial charge on any atom is 0.137 e. The van der Waals surface area contributed by atoms with Crippen molar-refractivity contribution in [2.24, 2.45) is 0 Å². The largest absolute Gasteiger partial charge is 0.457 e. The van der Waals surface area contributed by atoms with Crippen LogP contribution in [0.4, 0.5) is 4.39 Å². The average Bonchev–Trinajstić information content (AvgIpc) is 3.02. The van der Waals surface area contributed by atoms with Crippen LogP contribution in [0.3, 0.4) is 0 Å². The lowest BCUT2D eigenvalue weighted by Gasteiger charge is -2.13. The molecule has 1 aromatic heterocycles. The topological polar surface area (TPSA) is 60.2 Å². The van der Waals surface area contributed by atoms with Gasteiger partial charge in [-0.05, 0) is 36.4 Å². The van der Waals surface area contributed by atoms with Gasteiger partial charge in [0, 0.05) is 16.1 Å². The highest BCUT2D eigenvalue weighted by Gasteiger charge is 2.15. The summed E-state index contributed by atoms with van der Waals surface area (Å²) in [5, 5.41) is 14.0. The molecule has 2 aromatic carbocycles. The van der Waals surface area contributed by atoms with Gasteiger partial charge in [-0.25, -0.2) is 9.37 Å². The Balaban J connectivity index is 1.73. The molecule has 7 heteroatoms. The van der Waals surface area contributed by atoms with Crippen LogP contribution < -0.4 is 4.74 Å². The smallest absolute Gasteiger partial charge is 0.137 e. The van der Waals surface area contributed by atoms with E-state index in [0.717, 1.165) is 4.47 Å². The van der Waals surface area contributed by atoms with Crippen molar-refractivity contribution < 1.29 is 14.2 Å². The fourth-order valence-corrected chi connectivity index (χ4v) is 2.35. The molecular weight excluding hydrogens is 365 g/mol. The van der Waals surface area contributed by atoms with E-state index in [-0.39, 0.29) is 12.1 Å². The van der Waals surface area contributed by atoms with Gasteiger partial charge in [0.05, 0.1) is 6.54 Å². The van der Waals surface area contributed by atoms with E-state index in [1.165, 1.54) is 29.5 Å². The van der Waals surface area contributed by atoms with Crippen molar-refractivity contribution >= 4 is 15.9 Å². The molecule has 1 atom stereocenters. The van der Waals surface area contributed by atoms with E-state index in [9.17, 15) is 9.50 Å². The van der Waals surface area contributed by atoms with Gasteiger partial charge in [-0.1, -0.05) is 15.9 Å². The van der Waals surface area contributed by atoms with Crippen molar-refractivity contribution in [3.05, 3.63) is 71.0 Å². The van der Waals surface area contributed by atoms with Gasteiger partial charge in [0.2, 0.25) is 0 Å². The second-order valence-corrected chi connectivity index (χ2v) is 5.79. The predicted octanol–water partition coefficient (Wildman–Crippen LogP) is 3.71. The zero-order valence-corrected chi connectivity index (χ0v) is 13.5. The number of nitrogens with zero attached hydrogens (tertiary/aromatic N) is 3. The fraction of sp³-hybridized carbons (Fsp3) is 0.125. The summed E-state index contributed by atoms with van der Waals surface area (Å²) in [7, 11) is 0. The Labute approximate surface area is 140 Å². The first-order valence-electron chi connectivity index (χ1n) is 6.85. The maximum absolute atomic E-state index is 14.2. The highest BCUT2D eigenvalue weighted by atomic mass is 79.9. The van der Waals surface area contributed by atoms with Crippen LogP contribution >= 0.6 is 15.9 Å². The Morgan fingerprint density at radius 2 is 1.91 bits per heavy atom. The van der Waals surface area contributed by atoms with E-state index in [4.69, 9.17) is 4.74 Å². The Kier molecular flexibility index (Phi) is 4.68. The van der Waals surface area contributed by atoms with Crippen LogP contribution in [0.2, 0.25) is 0 Å². The summed E-state index contributed by atoms with van der Waals surface area (Å²) >= 11 is 3.34. The van der Waals surface area contributed by atoms with E-state index in [1.54, 1.807) is 18.2 Å². The van der Waals surface area contributed by atoms with Crippen LogP contribution in [0.15, 0.2) is 59.6 Å². The first-order valence-corrected chi connectivity index (χ1v) is 7.64. The molecule has 0 aliphatic heterocycles. The molecule has 1 unspecified atom stereocenters. The van der Waals surface area contributed by atoms with Gasteiger partial charge in [0.1, 0.15) is 36.1 Å². The second-order valence-electron chi connectivity index (χ2n) is 4.87. The molecule has 0 saturated carbocycles. The molecule has 118 valence electrons. The van der Waals surface area contributed by atoms with Crippen molar-refractivity contribution in [3.63, 3.8) is 0 Å². The number of rotatable bonds is 5. The normalized spacial score (nSPS) is 12.1. The number of ether oxygens (including phenoxy) is 1. The highest BCUT2D eigenvalue weighted by molar-refractivity contribution is 9.10. The predicted molar refractivity (Wildman–Crippen MR) is 85.6 cm³/mol. The summed E-state index contributed by atoms with van der Waals surface area (Å²) in [6, 6.07) is 11.6. The standard InChI is InChI=1S/C16H13BrFN3O2/c17-11-1-3-12(4-2-11)23-13-5-6-14(15(18)7-13)16(22)8-21-10-19-9-20-21/h1-7,9-10,16,22H,8H2. The summed E-state index contributed by atoms with van der Waals surface area (Å²) in [6.45, 7) is 0.129. The SMILES string of the molecule is OC(Cn1cncn1)c1ccc(Oc2ccc(Br)cc2)cc1F. The van der Waals surface area contributed by atoms with Crippen LogP contribution in [-0.4, -0.2) is 19.9 Å². The van der Waals surface area contributed by atoms with Gasteiger partial charge in [0.25, 0.3) is 0 Å². The molecule has 1 N–H and O–H groups in total. The third-order valence-corrected chi connectivity index (χ3v) is 3.74. The molecule has 3 rings (SSSR count). The lowest BCUT2D eigenvalue weighted by molar-refractivity contribution is 0.147. The Bertz CT molecular complexity index is 779. The minimum atomic E-state index is -1.02.